The summed E-state index contributed by atoms with van der Waals surface area (Å²) in [6.07, 6.45) is 2.24. The van der Waals surface area contributed by atoms with Crippen molar-refractivity contribution in [1.82, 2.24) is 5.32 Å². The number of methoxy groups -OCH3 is 1. The molecule has 1 N–H and O–H groups in total. The van der Waals surface area contributed by atoms with Gasteiger partial charge >= 0.3 is 6.03 Å². The van der Waals surface area contributed by atoms with Crippen LogP contribution in [0.2, 0.25) is 5.02 Å². The van der Waals surface area contributed by atoms with Crippen molar-refractivity contribution in [2.75, 3.05) is 18.6 Å². The van der Waals surface area contributed by atoms with Crippen molar-refractivity contribution in [3.8, 4) is 17.2 Å². The van der Waals surface area contributed by atoms with E-state index >= 15 is 0 Å². The summed E-state index contributed by atoms with van der Waals surface area (Å²) in [6.45, 7) is 2.81. The first-order valence-electron chi connectivity index (χ1n) is 11.7. The number of benzene rings is 3. The first-order valence-corrected chi connectivity index (χ1v) is 12.9. The van der Waals surface area contributed by atoms with Crippen LogP contribution in [0, 0.1) is 0 Å². The molecule has 38 heavy (non-hydrogen) atoms. The summed E-state index contributed by atoms with van der Waals surface area (Å²) in [4.78, 5) is 39.3. The summed E-state index contributed by atoms with van der Waals surface area (Å²) in [5.74, 6) is -0.0928. The molecule has 196 valence electrons. The van der Waals surface area contributed by atoms with E-state index in [-0.39, 0.29) is 12.2 Å². The number of amides is 4. The lowest BCUT2D eigenvalue weighted by atomic mass is 10.1. The van der Waals surface area contributed by atoms with Crippen LogP contribution >= 0.6 is 27.5 Å². The van der Waals surface area contributed by atoms with Crippen LogP contribution in [0.5, 0.6) is 17.2 Å². The zero-order valence-corrected chi connectivity index (χ0v) is 23.0. The summed E-state index contributed by atoms with van der Waals surface area (Å²) in [5, 5.41) is 2.85. The monoisotopic (exact) mass is 598 g/mol. The number of anilines is 1. The van der Waals surface area contributed by atoms with E-state index in [9.17, 15) is 14.4 Å². The molecule has 3 aromatic rings. The average Bonchev–Trinajstić information content (AvgIpc) is 2.90. The molecule has 0 atom stereocenters. The molecule has 0 aliphatic carbocycles. The molecule has 0 unspecified atom stereocenters. The molecule has 0 spiro atoms. The molecule has 0 aromatic heterocycles. The van der Waals surface area contributed by atoms with Crippen LogP contribution in [0.4, 0.5) is 10.5 Å². The number of hydrogen-bond donors (Lipinski definition) is 1. The fourth-order valence-electron chi connectivity index (χ4n) is 3.67. The van der Waals surface area contributed by atoms with Crippen LogP contribution in [0.25, 0.3) is 6.08 Å². The van der Waals surface area contributed by atoms with E-state index in [1.54, 1.807) is 48.5 Å². The zero-order chi connectivity index (χ0) is 27.2. The van der Waals surface area contributed by atoms with Gasteiger partial charge in [-0.05, 0) is 88.1 Å². The predicted molar refractivity (Wildman–Crippen MR) is 148 cm³/mol. The number of halogens is 2. The van der Waals surface area contributed by atoms with Crippen molar-refractivity contribution >= 4 is 57.1 Å². The Morgan fingerprint density at radius 1 is 1.00 bits per heavy atom. The third kappa shape index (κ3) is 6.17. The van der Waals surface area contributed by atoms with Crippen molar-refractivity contribution < 1.29 is 28.6 Å². The van der Waals surface area contributed by atoms with Gasteiger partial charge in [-0.25, -0.2) is 9.69 Å². The second-order valence-electron chi connectivity index (χ2n) is 8.25. The Kier molecular flexibility index (Phi) is 8.70. The minimum atomic E-state index is -0.830. The topological polar surface area (TPSA) is 94.2 Å². The van der Waals surface area contributed by atoms with Crippen LogP contribution in [0.1, 0.15) is 24.5 Å². The molecule has 0 radical (unpaired) electrons. The van der Waals surface area contributed by atoms with Gasteiger partial charge in [0.25, 0.3) is 11.8 Å². The fourth-order valence-corrected chi connectivity index (χ4v) is 4.37. The van der Waals surface area contributed by atoms with Gasteiger partial charge in [-0.3, -0.25) is 14.9 Å². The normalized spacial score (nSPS) is 14.5. The molecule has 1 heterocycles. The van der Waals surface area contributed by atoms with Crippen molar-refractivity contribution in [2.24, 2.45) is 0 Å². The highest BCUT2D eigenvalue weighted by Gasteiger charge is 2.37. The van der Waals surface area contributed by atoms with Crippen molar-refractivity contribution in [1.29, 1.82) is 0 Å². The fraction of sp³-hybridized carbons (Fsp3) is 0.179. The average molecular weight is 600 g/mol. The standard InChI is InChI=1S/C28H24BrClN2O6/c1-3-12-37-21-10-8-20(9-11-21)32-27(34)22(26(33)31-28(32)35)13-18-14-23(29)25(24(15-18)36-2)38-16-17-4-6-19(30)7-5-17/h4-11,13-15H,3,12,16H2,1-2H3,(H,31,33,35)/b22-13-. The number of rotatable bonds is 9. The van der Waals surface area contributed by atoms with Gasteiger partial charge in [-0.2, -0.15) is 0 Å². The van der Waals surface area contributed by atoms with Gasteiger partial charge in [0.1, 0.15) is 17.9 Å². The number of nitrogens with zero attached hydrogens (tertiary/aromatic N) is 1. The van der Waals surface area contributed by atoms with Gasteiger partial charge in [-0.15, -0.1) is 0 Å². The summed E-state index contributed by atoms with van der Waals surface area (Å²) in [6, 6.07) is 16.2. The molecule has 10 heteroatoms. The number of barbiturate groups is 1. The Morgan fingerprint density at radius 2 is 1.71 bits per heavy atom. The second kappa shape index (κ2) is 12.1. The van der Waals surface area contributed by atoms with Crippen LogP contribution in [-0.4, -0.2) is 31.6 Å². The van der Waals surface area contributed by atoms with Crippen LogP contribution in [0.3, 0.4) is 0 Å². The van der Waals surface area contributed by atoms with Crippen LogP contribution in [0.15, 0.2) is 70.7 Å². The summed E-state index contributed by atoms with van der Waals surface area (Å²) in [5.41, 5.74) is 1.50. The van der Waals surface area contributed by atoms with Gasteiger partial charge in [0.15, 0.2) is 11.5 Å². The van der Waals surface area contributed by atoms with E-state index in [1.807, 2.05) is 19.1 Å². The summed E-state index contributed by atoms with van der Waals surface area (Å²) < 4.78 is 17.6. The lowest BCUT2D eigenvalue weighted by molar-refractivity contribution is -0.122. The maximum absolute atomic E-state index is 13.3. The highest BCUT2D eigenvalue weighted by molar-refractivity contribution is 9.10. The maximum Gasteiger partial charge on any atom is 0.335 e. The Balaban J connectivity index is 1.59. The van der Waals surface area contributed by atoms with Crippen molar-refractivity contribution in [3.05, 3.63) is 86.9 Å². The van der Waals surface area contributed by atoms with Crippen molar-refractivity contribution in [2.45, 2.75) is 20.0 Å². The number of hydrogen-bond acceptors (Lipinski definition) is 6. The van der Waals surface area contributed by atoms with E-state index in [2.05, 4.69) is 21.2 Å². The minimum absolute atomic E-state index is 0.209. The van der Waals surface area contributed by atoms with Crippen molar-refractivity contribution in [3.63, 3.8) is 0 Å². The third-order valence-electron chi connectivity index (χ3n) is 5.53. The van der Waals surface area contributed by atoms with E-state index in [0.717, 1.165) is 16.9 Å². The van der Waals surface area contributed by atoms with Crippen LogP contribution in [-0.2, 0) is 16.2 Å². The quantitative estimate of drug-likeness (QED) is 0.234. The van der Waals surface area contributed by atoms with Gasteiger partial charge in [0.05, 0.1) is 23.9 Å². The maximum atomic E-state index is 13.3. The number of imide groups is 2. The van der Waals surface area contributed by atoms with Gasteiger partial charge in [0.2, 0.25) is 0 Å². The number of carbonyl (C=O) groups excluding carboxylic acids is 3. The summed E-state index contributed by atoms with van der Waals surface area (Å²) >= 11 is 9.43. The lowest BCUT2D eigenvalue weighted by Gasteiger charge is -2.26. The number of nitrogens with one attached hydrogen (secondary N) is 1. The Hall–Kier alpha value is -3.82. The Labute approximate surface area is 233 Å². The molecule has 1 fully saturated rings. The van der Waals surface area contributed by atoms with E-state index < -0.39 is 17.8 Å². The molecular formula is C28H24BrClN2O6. The SMILES string of the molecule is CCCOc1ccc(N2C(=O)NC(=O)/C(=C/c3cc(Br)c(OCc4ccc(Cl)cc4)c(OC)c3)C2=O)cc1. The molecule has 8 nitrogen and oxygen atoms in total. The molecule has 3 aromatic carbocycles. The molecule has 4 rings (SSSR count). The minimum Gasteiger partial charge on any atom is -0.494 e. The zero-order valence-electron chi connectivity index (χ0n) is 20.6. The molecule has 1 aliphatic heterocycles. The number of carbonyl (C=O) groups is 3. The van der Waals surface area contributed by atoms with E-state index in [0.29, 0.717) is 44.6 Å². The first kappa shape index (κ1) is 27.2. The van der Waals surface area contributed by atoms with E-state index in [1.165, 1.54) is 13.2 Å². The smallest absolute Gasteiger partial charge is 0.335 e. The molecule has 4 amide bonds. The van der Waals surface area contributed by atoms with Crippen LogP contribution < -0.4 is 24.4 Å². The predicted octanol–water partition coefficient (Wildman–Crippen LogP) is 6.15. The van der Waals surface area contributed by atoms with Gasteiger partial charge < -0.3 is 14.2 Å². The Morgan fingerprint density at radius 3 is 2.37 bits per heavy atom. The Bertz CT molecular complexity index is 1390. The molecular weight excluding hydrogens is 576 g/mol. The number of ether oxygens (including phenoxy) is 3. The third-order valence-corrected chi connectivity index (χ3v) is 6.37. The molecule has 0 saturated carbocycles. The molecule has 1 saturated heterocycles. The highest BCUT2D eigenvalue weighted by atomic mass is 79.9. The van der Waals surface area contributed by atoms with Gasteiger partial charge in [-0.1, -0.05) is 30.7 Å². The lowest BCUT2D eigenvalue weighted by Crippen LogP contribution is -2.54. The van der Waals surface area contributed by atoms with E-state index in [4.69, 9.17) is 25.8 Å². The largest absolute Gasteiger partial charge is 0.494 e. The molecule has 0 bridgehead atoms. The second-order valence-corrected chi connectivity index (χ2v) is 9.54. The highest BCUT2D eigenvalue weighted by Crippen LogP contribution is 2.38. The molecule has 1 aliphatic rings. The van der Waals surface area contributed by atoms with Gasteiger partial charge in [0, 0.05) is 5.02 Å². The summed E-state index contributed by atoms with van der Waals surface area (Å²) in [7, 11) is 1.49. The number of urea groups is 1. The first-order chi connectivity index (χ1) is 18.3.